The zero-order valence-corrected chi connectivity index (χ0v) is 7.49. The van der Waals surface area contributed by atoms with Crippen LogP contribution < -0.4 is 0 Å². The first kappa shape index (κ1) is 8.30. The van der Waals surface area contributed by atoms with Gasteiger partial charge >= 0.3 is 5.97 Å². The zero-order valence-electron chi connectivity index (χ0n) is 8.49. The fraction of sp³-hybridized carbons (Fsp3) is 0.364. The van der Waals surface area contributed by atoms with E-state index in [1.807, 2.05) is 0 Å². The molecule has 0 spiro atoms. The summed E-state index contributed by atoms with van der Waals surface area (Å²) in [6, 6.07) is 0. The average Bonchev–Trinajstić information content (AvgIpc) is 2.20. The van der Waals surface area contributed by atoms with E-state index in [2.05, 4.69) is 13.2 Å². The van der Waals surface area contributed by atoms with Crippen molar-refractivity contribution in [1.82, 2.24) is 0 Å². The average molecular weight is 179 g/mol. The lowest BCUT2D eigenvalue weighted by Gasteiger charge is -2.28. The highest BCUT2D eigenvalue weighted by atomic mass is 16.4. The Labute approximate surface area is 79.7 Å². The molecule has 1 aliphatic carbocycles. The smallest absolute Gasteiger partial charge is 0.310 e. The first-order chi connectivity index (χ1) is 6.48. The zero-order chi connectivity index (χ0) is 10.8. The summed E-state index contributed by atoms with van der Waals surface area (Å²) in [4.78, 5) is 10.8. The van der Waals surface area contributed by atoms with E-state index in [1.165, 1.54) is 6.08 Å². The number of hydrogen-bond acceptors (Lipinski definition) is 1. The highest BCUT2D eigenvalue weighted by molar-refractivity contribution is 5.72. The van der Waals surface area contributed by atoms with Crippen LogP contribution in [0.3, 0.4) is 0 Å². The topological polar surface area (TPSA) is 37.3 Å². The monoisotopic (exact) mass is 179 g/mol. The standard InChI is InChI=1S/C11H14O2/c1-3-11(4-2)7-5-9(6-8-11)10(12)13/h3-5,7,9H,1-2,6,8H2,(H,12,13)/i9D. The van der Waals surface area contributed by atoms with Gasteiger partial charge in [-0.3, -0.25) is 4.79 Å². The van der Waals surface area contributed by atoms with Crippen molar-refractivity contribution in [3.63, 3.8) is 0 Å². The van der Waals surface area contributed by atoms with E-state index < -0.39 is 11.9 Å². The summed E-state index contributed by atoms with van der Waals surface area (Å²) in [5.41, 5.74) is -0.333. The van der Waals surface area contributed by atoms with E-state index in [9.17, 15) is 4.79 Å². The molecule has 0 heterocycles. The molecular formula is C11H14O2. The third kappa shape index (κ3) is 1.89. The predicted octanol–water partition coefficient (Wildman–Crippen LogP) is 2.40. The van der Waals surface area contributed by atoms with Gasteiger partial charge in [-0.15, -0.1) is 13.2 Å². The van der Waals surface area contributed by atoms with Crippen molar-refractivity contribution >= 4 is 5.97 Å². The van der Waals surface area contributed by atoms with Crippen molar-refractivity contribution in [3.8, 4) is 0 Å². The van der Waals surface area contributed by atoms with Gasteiger partial charge in [0.05, 0.1) is 5.89 Å². The molecule has 0 aliphatic heterocycles. The third-order valence-corrected chi connectivity index (χ3v) is 2.46. The van der Waals surface area contributed by atoms with Crippen LogP contribution in [-0.4, -0.2) is 11.1 Å². The van der Waals surface area contributed by atoms with Crippen LogP contribution >= 0.6 is 0 Å². The van der Waals surface area contributed by atoms with Crippen molar-refractivity contribution < 1.29 is 11.3 Å². The first-order valence-electron chi connectivity index (χ1n) is 4.69. The summed E-state index contributed by atoms with van der Waals surface area (Å²) in [6.07, 6.45) is 7.46. The molecule has 1 rings (SSSR count). The molecule has 1 atom stereocenters. The minimum Gasteiger partial charge on any atom is -0.481 e. The highest BCUT2D eigenvalue weighted by Gasteiger charge is 2.27. The second-order valence-corrected chi connectivity index (χ2v) is 3.18. The van der Waals surface area contributed by atoms with E-state index in [0.717, 1.165) is 0 Å². The van der Waals surface area contributed by atoms with Crippen LogP contribution in [0, 0.1) is 11.3 Å². The molecule has 1 unspecified atom stereocenters. The Morgan fingerprint density at radius 3 is 2.62 bits per heavy atom. The maximum Gasteiger partial charge on any atom is 0.310 e. The Balaban J connectivity index is 2.97. The van der Waals surface area contributed by atoms with Gasteiger partial charge in [0.1, 0.15) is 0 Å². The van der Waals surface area contributed by atoms with Crippen LogP contribution in [-0.2, 0) is 4.79 Å². The van der Waals surface area contributed by atoms with Gasteiger partial charge < -0.3 is 5.11 Å². The molecule has 0 bridgehead atoms. The lowest BCUT2D eigenvalue weighted by molar-refractivity contribution is -0.140. The number of hydrogen-bond donors (Lipinski definition) is 1. The van der Waals surface area contributed by atoms with Crippen LogP contribution in [0.15, 0.2) is 37.5 Å². The molecule has 13 heavy (non-hydrogen) atoms. The Hall–Kier alpha value is -1.31. The number of aliphatic carboxylic acids is 1. The largest absolute Gasteiger partial charge is 0.481 e. The van der Waals surface area contributed by atoms with Gasteiger partial charge in [0.15, 0.2) is 0 Å². The lowest BCUT2D eigenvalue weighted by atomic mass is 9.76. The molecule has 0 aromatic carbocycles. The predicted molar refractivity (Wildman–Crippen MR) is 52.3 cm³/mol. The van der Waals surface area contributed by atoms with E-state index in [-0.39, 0.29) is 11.8 Å². The van der Waals surface area contributed by atoms with Gasteiger partial charge in [-0.2, -0.15) is 0 Å². The fourth-order valence-corrected chi connectivity index (χ4v) is 1.38. The molecule has 2 heteroatoms. The lowest BCUT2D eigenvalue weighted by Crippen LogP contribution is -2.22. The third-order valence-electron chi connectivity index (χ3n) is 2.46. The summed E-state index contributed by atoms with van der Waals surface area (Å²) in [5.74, 6) is -2.58. The molecule has 0 aromatic rings. The van der Waals surface area contributed by atoms with Crippen molar-refractivity contribution in [2.75, 3.05) is 0 Å². The molecule has 0 amide bonds. The van der Waals surface area contributed by atoms with Gasteiger partial charge in [0.2, 0.25) is 0 Å². The maximum absolute atomic E-state index is 10.8. The summed E-state index contributed by atoms with van der Waals surface area (Å²) in [7, 11) is 0. The van der Waals surface area contributed by atoms with E-state index >= 15 is 0 Å². The van der Waals surface area contributed by atoms with Crippen LogP contribution in [0.1, 0.15) is 14.2 Å². The number of rotatable bonds is 3. The maximum atomic E-state index is 10.8. The van der Waals surface area contributed by atoms with Crippen molar-refractivity contribution in [2.45, 2.75) is 12.8 Å². The van der Waals surface area contributed by atoms with E-state index in [0.29, 0.717) is 6.42 Å². The van der Waals surface area contributed by atoms with Crippen LogP contribution in [0.2, 0.25) is 0 Å². The molecule has 0 saturated heterocycles. The van der Waals surface area contributed by atoms with Crippen molar-refractivity contribution in [3.05, 3.63) is 37.5 Å². The quantitative estimate of drug-likeness (QED) is 0.675. The molecule has 1 aliphatic rings. The van der Waals surface area contributed by atoms with Gasteiger partial charge in [0, 0.05) is 6.79 Å². The second kappa shape index (κ2) is 3.60. The number of carboxylic acid groups (broad SMARTS) is 1. The van der Waals surface area contributed by atoms with Crippen LogP contribution in [0.5, 0.6) is 0 Å². The van der Waals surface area contributed by atoms with E-state index in [1.54, 1.807) is 18.2 Å². The summed E-state index contributed by atoms with van der Waals surface area (Å²) < 4.78 is 7.65. The van der Waals surface area contributed by atoms with E-state index in [4.69, 9.17) is 6.48 Å². The molecule has 0 radical (unpaired) electrons. The van der Waals surface area contributed by atoms with Gasteiger partial charge in [-0.1, -0.05) is 24.3 Å². The molecule has 2 nitrogen and oxygen atoms in total. The van der Waals surface area contributed by atoms with Crippen LogP contribution in [0.4, 0.5) is 0 Å². The van der Waals surface area contributed by atoms with Gasteiger partial charge in [-0.25, -0.2) is 0 Å². The summed E-state index contributed by atoms with van der Waals surface area (Å²) in [5, 5.41) is 8.82. The minimum atomic E-state index is -1.48. The minimum absolute atomic E-state index is 0.289. The van der Waals surface area contributed by atoms with Gasteiger partial charge in [0.25, 0.3) is 0 Å². The van der Waals surface area contributed by atoms with Crippen molar-refractivity contribution in [2.24, 2.45) is 11.3 Å². The first-order valence-corrected chi connectivity index (χ1v) is 4.19. The Morgan fingerprint density at radius 2 is 2.31 bits per heavy atom. The molecule has 0 fully saturated rings. The van der Waals surface area contributed by atoms with Crippen LogP contribution in [0.25, 0.3) is 0 Å². The molecule has 0 saturated carbocycles. The van der Waals surface area contributed by atoms with Gasteiger partial charge in [-0.05, 0) is 12.8 Å². The molecule has 70 valence electrons. The Kier molecular flexibility index (Phi) is 2.30. The van der Waals surface area contributed by atoms with Crippen molar-refractivity contribution in [1.29, 1.82) is 0 Å². The fourth-order valence-electron chi connectivity index (χ4n) is 1.38. The normalized spacial score (nSPS) is 31.8. The second-order valence-electron chi connectivity index (χ2n) is 3.18. The Morgan fingerprint density at radius 1 is 1.69 bits per heavy atom. The Bertz CT molecular complexity index is 298. The number of carboxylic acids is 1. The summed E-state index contributed by atoms with van der Waals surface area (Å²) >= 11 is 0. The molecular weight excluding hydrogens is 164 g/mol. The number of allylic oxidation sites excluding steroid dienone is 3. The molecule has 0 aromatic heterocycles. The molecule has 1 N–H and O–H groups in total. The summed E-state index contributed by atoms with van der Waals surface area (Å²) in [6.45, 7) is 7.38. The number of carbonyl (C=O) groups is 1. The highest BCUT2D eigenvalue weighted by Crippen LogP contribution is 2.35. The SMILES string of the molecule is [2H]C1(C(=O)O)C=CC(C=C)(C=C)CC1.